The van der Waals surface area contributed by atoms with Gasteiger partial charge in [-0.2, -0.15) is 0 Å². The summed E-state index contributed by atoms with van der Waals surface area (Å²) in [7, 11) is 1.69. The fourth-order valence-corrected chi connectivity index (χ4v) is 2.62. The van der Waals surface area contributed by atoms with Gasteiger partial charge in [-0.25, -0.2) is 4.79 Å². The van der Waals surface area contributed by atoms with E-state index in [1.165, 1.54) is 0 Å². The SMILES string of the molecule is CC(CC(=O)O)C1CCCN(C(=O)N(C)C(C)CO)C1. The van der Waals surface area contributed by atoms with Crippen LogP contribution in [-0.2, 0) is 4.79 Å². The van der Waals surface area contributed by atoms with Crippen LogP contribution >= 0.6 is 0 Å². The van der Waals surface area contributed by atoms with E-state index in [-0.39, 0.29) is 36.9 Å². The number of carboxylic acids is 1. The maximum Gasteiger partial charge on any atom is 0.320 e. The van der Waals surface area contributed by atoms with Crippen molar-refractivity contribution in [1.29, 1.82) is 0 Å². The molecule has 1 fully saturated rings. The van der Waals surface area contributed by atoms with E-state index in [0.717, 1.165) is 12.8 Å². The number of likely N-dealkylation sites (tertiary alicyclic amines) is 1. The first kappa shape index (κ1) is 16.8. The van der Waals surface area contributed by atoms with Gasteiger partial charge in [-0.05, 0) is 31.6 Å². The molecule has 6 nitrogen and oxygen atoms in total. The Morgan fingerprint density at radius 3 is 2.60 bits per heavy atom. The second-order valence-electron chi connectivity index (χ2n) is 5.85. The van der Waals surface area contributed by atoms with Gasteiger partial charge >= 0.3 is 12.0 Å². The molecule has 3 atom stereocenters. The molecule has 0 bridgehead atoms. The van der Waals surface area contributed by atoms with Crippen molar-refractivity contribution in [2.75, 3.05) is 26.7 Å². The summed E-state index contributed by atoms with van der Waals surface area (Å²) in [6.45, 7) is 4.99. The first-order valence-electron chi connectivity index (χ1n) is 7.21. The number of likely N-dealkylation sites (N-methyl/N-ethyl adjacent to an activating group) is 1. The molecule has 6 heteroatoms. The molecular weight excluding hydrogens is 260 g/mol. The van der Waals surface area contributed by atoms with Crippen LogP contribution in [0.1, 0.15) is 33.1 Å². The van der Waals surface area contributed by atoms with E-state index in [1.54, 1.807) is 23.8 Å². The number of piperidine rings is 1. The first-order chi connectivity index (χ1) is 9.36. The molecule has 0 radical (unpaired) electrons. The lowest BCUT2D eigenvalue weighted by Crippen LogP contribution is -2.50. The second kappa shape index (κ2) is 7.47. The molecule has 0 aliphatic carbocycles. The van der Waals surface area contributed by atoms with Crippen LogP contribution < -0.4 is 0 Å². The summed E-state index contributed by atoms with van der Waals surface area (Å²) in [6.07, 6.45) is 2.02. The zero-order valence-electron chi connectivity index (χ0n) is 12.6. The van der Waals surface area contributed by atoms with Gasteiger partial charge in [0.15, 0.2) is 0 Å². The molecule has 1 aliphatic rings. The minimum Gasteiger partial charge on any atom is -0.481 e. The molecular formula is C14H26N2O4. The Morgan fingerprint density at radius 1 is 1.40 bits per heavy atom. The van der Waals surface area contributed by atoms with Gasteiger partial charge in [-0.3, -0.25) is 4.79 Å². The number of aliphatic carboxylic acids is 1. The van der Waals surface area contributed by atoms with Gasteiger partial charge in [-0.15, -0.1) is 0 Å². The summed E-state index contributed by atoms with van der Waals surface area (Å²) in [5.41, 5.74) is 0. The molecule has 116 valence electrons. The van der Waals surface area contributed by atoms with Gasteiger partial charge in [0.2, 0.25) is 0 Å². The van der Waals surface area contributed by atoms with Crippen molar-refractivity contribution in [1.82, 2.24) is 9.80 Å². The summed E-state index contributed by atoms with van der Waals surface area (Å²) in [4.78, 5) is 26.4. The topological polar surface area (TPSA) is 81.1 Å². The summed E-state index contributed by atoms with van der Waals surface area (Å²) >= 11 is 0. The molecule has 1 heterocycles. The zero-order chi connectivity index (χ0) is 15.3. The maximum absolute atomic E-state index is 12.3. The van der Waals surface area contributed by atoms with Crippen LogP contribution in [0.5, 0.6) is 0 Å². The van der Waals surface area contributed by atoms with Gasteiger partial charge in [0.05, 0.1) is 12.6 Å². The number of aliphatic hydroxyl groups is 1. The van der Waals surface area contributed by atoms with Crippen molar-refractivity contribution in [3.8, 4) is 0 Å². The molecule has 1 saturated heterocycles. The highest BCUT2D eigenvalue weighted by molar-refractivity contribution is 5.74. The van der Waals surface area contributed by atoms with E-state index < -0.39 is 5.97 Å². The van der Waals surface area contributed by atoms with Crippen molar-refractivity contribution in [2.45, 2.75) is 39.2 Å². The van der Waals surface area contributed by atoms with E-state index in [1.807, 2.05) is 6.92 Å². The summed E-state index contributed by atoms with van der Waals surface area (Å²) in [5, 5.41) is 18.0. The Morgan fingerprint density at radius 2 is 2.05 bits per heavy atom. The van der Waals surface area contributed by atoms with E-state index in [9.17, 15) is 9.59 Å². The molecule has 1 aliphatic heterocycles. The van der Waals surface area contributed by atoms with Crippen LogP contribution in [0.4, 0.5) is 4.79 Å². The molecule has 0 aromatic rings. The fourth-order valence-electron chi connectivity index (χ4n) is 2.62. The molecule has 1 rings (SSSR count). The van der Waals surface area contributed by atoms with E-state index >= 15 is 0 Å². The number of carbonyl (C=O) groups is 2. The van der Waals surface area contributed by atoms with Gasteiger partial charge in [0.1, 0.15) is 0 Å². The normalized spacial score (nSPS) is 22.2. The zero-order valence-corrected chi connectivity index (χ0v) is 12.6. The number of aliphatic hydroxyl groups excluding tert-OH is 1. The van der Waals surface area contributed by atoms with Gasteiger partial charge in [-0.1, -0.05) is 6.92 Å². The number of nitrogens with zero attached hydrogens (tertiary/aromatic N) is 2. The van der Waals surface area contributed by atoms with Gasteiger partial charge in [0.25, 0.3) is 0 Å². The Hall–Kier alpha value is -1.30. The van der Waals surface area contributed by atoms with Crippen LogP contribution in [0.15, 0.2) is 0 Å². The predicted molar refractivity (Wildman–Crippen MR) is 75.4 cm³/mol. The third kappa shape index (κ3) is 4.37. The highest BCUT2D eigenvalue weighted by Gasteiger charge is 2.30. The predicted octanol–water partition coefficient (Wildman–Crippen LogP) is 1.24. The third-order valence-corrected chi connectivity index (χ3v) is 4.26. The minimum absolute atomic E-state index is 0.0606. The molecule has 0 aromatic carbocycles. The summed E-state index contributed by atoms with van der Waals surface area (Å²) in [6, 6.07) is -0.293. The molecule has 0 saturated carbocycles. The fraction of sp³-hybridized carbons (Fsp3) is 0.857. The monoisotopic (exact) mass is 286 g/mol. The largest absolute Gasteiger partial charge is 0.481 e. The van der Waals surface area contributed by atoms with Crippen molar-refractivity contribution >= 4 is 12.0 Å². The van der Waals surface area contributed by atoms with Crippen molar-refractivity contribution in [3.05, 3.63) is 0 Å². The van der Waals surface area contributed by atoms with Gasteiger partial charge in [0, 0.05) is 26.6 Å². The molecule has 0 spiro atoms. The Bertz CT molecular complexity index is 348. The molecule has 20 heavy (non-hydrogen) atoms. The number of carboxylic acid groups (broad SMARTS) is 1. The van der Waals surface area contributed by atoms with E-state index in [2.05, 4.69) is 0 Å². The first-order valence-corrected chi connectivity index (χ1v) is 7.21. The number of hydrogen-bond acceptors (Lipinski definition) is 3. The second-order valence-corrected chi connectivity index (χ2v) is 5.85. The van der Waals surface area contributed by atoms with Crippen LogP contribution in [0, 0.1) is 11.8 Å². The van der Waals surface area contributed by atoms with Crippen molar-refractivity contribution in [2.24, 2.45) is 11.8 Å². The standard InChI is InChI=1S/C14H26N2O4/c1-10(7-13(18)19)12-5-4-6-16(8-12)14(20)15(3)11(2)9-17/h10-12,17H,4-9H2,1-3H3,(H,18,19). The average Bonchev–Trinajstić information content (AvgIpc) is 2.44. The Kier molecular flexibility index (Phi) is 6.26. The van der Waals surface area contributed by atoms with E-state index in [0.29, 0.717) is 13.1 Å². The molecule has 3 unspecified atom stereocenters. The summed E-state index contributed by atoms with van der Waals surface area (Å²) in [5.74, 6) is -0.475. The van der Waals surface area contributed by atoms with Gasteiger partial charge < -0.3 is 20.0 Å². The van der Waals surface area contributed by atoms with Crippen LogP contribution in [0.2, 0.25) is 0 Å². The lowest BCUT2D eigenvalue weighted by atomic mass is 9.85. The number of rotatable bonds is 5. The highest BCUT2D eigenvalue weighted by Crippen LogP contribution is 2.26. The molecule has 2 amide bonds. The molecule has 2 N–H and O–H groups in total. The van der Waals surface area contributed by atoms with Crippen LogP contribution in [0.25, 0.3) is 0 Å². The van der Waals surface area contributed by atoms with Crippen LogP contribution in [-0.4, -0.2) is 64.8 Å². The highest BCUT2D eigenvalue weighted by atomic mass is 16.4. The minimum atomic E-state index is -0.785. The Labute approximate surface area is 120 Å². The maximum atomic E-state index is 12.3. The Balaban J connectivity index is 2.60. The summed E-state index contributed by atoms with van der Waals surface area (Å²) < 4.78 is 0. The number of urea groups is 1. The van der Waals surface area contributed by atoms with Crippen molar-refractivity contribution in [3.63, 3.8) is 0 Å². The number of hydrogen-bond donors (Lipinski definition) is 2. The van der Waals surface area contributed by atoms with E-state index in [4.69, 9.17) is 10.2 Å². The lowest BCUT2D eigenvalue weighted by Gasteiger charge is -2.38. The van der Waals surface area contributed by atoms with Crippen molar-refractivity contribution < 1.29 is 19.8 Å². The number of carbonyl (C=O) groups excluding carboxylic acids is 1. The number of amides is 2. The van der Waals surface area contributed by atoms with Crippen LogP contribution in [0.3, 0.4) is 0 Å². The lowest BCUT2D eigenvalue weighted by molar-refractivity contribution is -0.138. The third-order valence-electron chi connectivity index (χ3n) is 4.26. The smallest absolute Gasteiger partial charge is 0.320 e. The quantitative estimate of drug-likeness (QED) is 0.797. The average molecular weight is 286 g/mol. The molecule has 0 aromatic heterocycles.